The Labute approximate surface area is 164 Å². The van der Waals surface area contributed by atoms with Gasteiger partial charge in [0, 0.05) is 5.02 Å². The first-order valence-electron chi connectivity index (χ1n) is 7.59. The maximum Gasteiger partial charge on any atom is 0.298 e. The van der Waals surface area contributed by atoms with Gasteiger partial charge >= 0.3 is 0 Å². The summed E-state index contributed by atoms with van der Waals surface area (Å²) < 4.78 is 5.33. The molecule has 0 unspecified atom stereocenters. The average molecular weight is 410 g/mol. The summed E-state index contributed by atoms with van der Waals surface area (Å²) >= 11 is 12.7. The van der Waals surface area contributed by atoms with E-state index in [1.165, 1.54) is 12.1 Å². The van der Waals surface area contributed by atoms with Gasteiger partial charge in [0.15, 0.2) is 11.5 Å². The monoisotopic (exact) mass is 409 g/mol. The zero-order chi connectivity index (χ0) is 18.8. The number of halogens is 2. The molecule has 0 aliphatic carbocycles. The lowest BCUT2D eigenvalue weighted by molar-refractivity contribution is -0.113. The minimum atomic E-state index is -0.440. The molecule has 0 radical (unpaired) electrons. The molecule has 0 spiro atoms. The molecule has 8 heteroatoms. The molecule has 1 aliphatic heterocycles. The highest BCUT2D eigenvalue weighted by Gasteiger charge is 2.36. The van der Waals surface area contributed by atoms with Gasteiger partial charge in [-0.2, -0.15) is 0 Å². The first-order chi connectivity index (χ1) is 12.4. The van der Waals surface area contributed by atoms with Crippen LogP contribution in [0.1, 0.15) is 12.5 Å². The SMILES string of the molecule is CCOc1cc(/C=C2/SC(=O)N(c3ccc(Cl)cc3)C2=O)cc(Cl)c1O. The van der Waals surface area contributed by atoms with E-state index in [2.05, 4.69) is 0 Å². The van der Waals surface area contributed by atoms with Crippen molar-refractivity contribution in [2.24, 2.45) is 0 Å². The van der Waals surface area contributed by atoms with E-state index in [1.54, 1.807) is 37.3 Å². The predicted octanol–water partition coefficient (Wildman–Crippen LogP) is 5.34. The number of aromatic hydroxyl groups is 1. The van der Waals surface area contributed by atoms with Gasteiger partial charge in [-0.3, -0.25) is 9.59 Å². The van der Waals surface area contributed by atoms with Crippen molar-refractivity contribution in [3.05, 3.63) is 56.9 Å². The Morgan fingerprint density at radius 2 is 1.88 bits per heavy atom. The molecule has 134 valence electrons. The molecule has 26 heavy (non-hydrogen) atoms. The Balaban J connectivity index is 1.94. The van der Waals surface area contributed by atoms with Gasteiger partial charge in [-0.25, -0.2) is 4.90 Å². The van der Waals surface area contributed by atoms with Crippen molar-refractivity contribution >= 4 is 57.9 Å². The zero-order valence-corrected chi connectivity index (χ0v) is 15.9. The smallest absolute Gasteiger partial charge is 0.298 e. The molecule has 3 rings (SSSR count). The lowest BCUT2D eigenvalue weighted by atomic mass is 10.1. The number of phenolic OH excluding ortho intramolecular Hbond substituents is 1. The second kappa shape index (κ2) is 7.61. The number of phenols is 1. The fourth-order valence-electron chi connectivity index (χ4n) is 2.37. The van der Waals surface area contributed by atoms with E-state index in [0.29, 0.717) is 22.9 Å². The number of nitrogens with zero attached hydrogens (tertiary/aromatic N) is 1. The third-order valence-electron chi connectivity index (χ3n) is 3.53. The Hall–Kier alpha value is -2.15. The van der Waals surface area contributed by atoms with Gasteiger partial charge in [-0.15, -0.1) is 0 Å². The fraction of sp³-hybridized carbons (Fsp3) is 0.111. The topological polar surface area (TPSA) is 66.8 Å². The Morgan fingerprint density at radius 3 is 2.54 bits per heavy atom. The number of ether oxygens (including phenoxy) is 1. The number of hydrogen-bond acceptors (Lipinski definition) is 5. The fourth-order valence-corrected chi connectivity index (χ4v) is 3.56. The molecule has 1 saturated heterocycles. The van der Waals surface area contributed by atoms with Crippen LogP contribution in [-0.4, -0.2) is 22.9 Å². The molecule has 2 amide bonds. The molecule has 0 saturated carbocycles. The molecule has 0 atom stereocenters. The van der Waals surface area contributed by atoms with E-state index in [-0.39, 0.29) is 21.4 Å². The summed E-state index contributed by atoms with van der Waals surface area (Å²) in [4.78, 5) is 26.2. The Kier molecular flexibility index (Phi) is 5.46. The summed E-state index contributed by atoms with van der Waals surface area (Å²) in [6.07, 6.45) is 1.54. The van der Waals surface area contributed by atoms with Crippen LogP contribution < -0.4 is 9.64 Å². The second-order valence-corrected chi connectivity index (χ2v) is 7.11. The van der Waals surface area contributed by atoms with Crippen LogP contribution in [0, 0.1) is 0 Å². The maximum atomic E-state index is 12.6. The summed E-state index contributed by atoms with van der Waals surface area (Å²) in [5.74, 6) is -0.396. The molecule has 0 bridgehead atoms. The highest BCUT2D eigenvalue weighted by molar-refractivity contribution is 8.19. The van der Waals surface area contributed by atoms with Gasteiger partial charge in [-0.05, 0) is 66.7 Å². The van der Waals surface area contributed by atoms with Gasteiger partial charge < -0.3 is 9.84 Å². The number of amides is 2. The molecule has 1 N–H and O–H groups in total. The van der Waals surface area contributed by atoms with Gasteiger partial charge in [-0.1, -0.05) is 23.2 Å². The normalized spacial score (nSPS) is 15.8. The number of anilines is 1. The van der Waals surface area contributed by atoms with Crippen molar-refractivity contribution in [3.63, 3.8) is 0 Å². The minimum absolute atomic E-state index is 0.0964. The lowest BCUT2D eigenvalue weighted by Crippen LogP contribution is -2.27. The molecular formula is C18H13Cl2NO4S. The highest BCUT2D eigenvalue weighted by Crippen LogP contribution is 2.39. The molecule has 2 aromatic carbocycles. The molecule has 1 heterocycles. The summed E-state index contributed by atoms with van der Waals surface area (Å²) in [7, 11) is 0. The lowest BCUT2D eigenvalue weighted by Gasteiger charge is -2.12. The second-order valence-electron chi connectivity index (χ2n) is 5.28. The first kappa shape index (κ1) is 18.6. The van der Waals surface area contributed by atoms with Crippen LogP contribution in [0.15, 0.2) is 41.3 Å². The van der Waals surface area contributed by atoms with Crippen LogP contribution in [0.4, 0.5) is 10.5 Å². The van der Waals surface area contributed by atoms with Crippen molar-refractivity contribution in [2.45, 2.75) is 6.92 Å². The molecule has 1 fully saturated rings. The van der Waals surface area contributed by atoms with Crippen LogP contribution in [-0.2, 0) is 4.79 Å². The third-order valence-corrected chi connectivity index (χ3v) is 4.94. The number of carbonyl (C=O) groups is 2. The van der Waals surface area contributed by atoms with Gasteiger partial charge in [0.2, 0.25) is 0 Å². The largest absolute Gasteiger partial charge is 0.503 e. The van der Waals surface area contributed by atoms with E-state index < -0.39 is 11.1 Å². The average Bonchev–Trinajstić information content (AvgIpc) is 2.87. The van der Waals surface area contributed by atoms with Crippen LogP contribution in [0.25, 0.3) is 6.08 Å². The van der Waals surface area contributed by atoms with Crippen molar-refractivity contribution in [3.8, 4) is 11.5 Å². The summed E-state index contributed by atoms with van der Waals surface area (Å²) in [5.41, 5.74) is 0.983. The van der Waals surface area contributed by atoms with Crippen molar-refractivity contribution in [1.82, 2.24) is 0 Å². The molecule has 1 aliphatic rings. The summed E-state index contributed by atoms with van der Waals surface area (Å²) in [6, 6.07) is 9.48. The highest BCUT2D eigenvalue weighted by atomic mass is 35.5. The quantitative estimate of drug-likeness (QED) is 0.690. The molecular weight excluding hydrogens is 397 g/mol. The molecule has 5 nitrogen and oxygen atoms in total. The van der Waals surface area contributed by atoms with Crippen LogP contribution in [0.3, 0.4) is 0 Å². The van der Waals surface area contributed by atoms with E-state index in [9.17, 15) is 14.7 Å². The van der Waals surface area contributed by atoms with Gasteiger partial charge in [0.25, 0.3) is 11.1 Å². The van der Waals surface area contributed by atoms with E-state index in [0.717, 1.165) is 16.7 Å². The number of thioether (sulfide) groups is 1. The number of rotatable bonds is 4. The van der Waals surface area contributed by atoms with E-state index >= 15 is 0 Å². The Bertz CT molecular complexity index is 912. The van der Waals surface area contributed by atoms with Gasteiger partial charge in [0.1, 0.15) is 0 Å². The van der Waals surface area contributed by atoms with Crippen molar-refractivity contribution < 1.29 is 19.4 Å². The number of hydrogen-bond donors (Lipinski definition) is 1. The molecule has 0 aromatic heterocycles. The number of benzene rings is 2. The van der Waals surface area contributed by atoms with Crippen LogP contribution in [0.2, 0.25) is 10.0 Å². The number of carbonyl (C=O) groups excluding carboxylic acids is 2. The maximum absolute atomic E-state index is 12.6. The van der Waals surface area contributed by atoms with Crippen LogP contribution >= 0.6 is 35.0 Å². The standard InChI is InChI=1S/C18H13Cl2NO4S/c1-2-25-14-8-10(7-13(20)16(14)22)9-15-17(23)21(18(24)26-15)12-5-3-11(19)4-6-12/h3-9,22H,2H2,1H3/b15-9+. The zero-order valence-electron chi connectivity index (χ0n) is 13.5. The van der Waals surface area contributed by atoms with Crippen molar-refractivity contribution in [1.29, 1.82) is 0 Å². The summed E-state index contributed by atoms with van der Waals surface area (Å²) in [5, 5.41) is 10.1. The van der Waals surface area contributed by atoms with E-state index in [4.69, 9.17) is 27.9 Å². The van der Waals surface area contributed by atoms with Gasteiger partial charge in [0.05, 0.1) is 22.2 Å². The number of imide groups is 1. The minimum Gasteiger partial charge on any atom is -0.503 e. The molecule has 2 aromatic rings. The summed E-state index contributed by atoms with van der Waals surface area (Å²) in [6.45, 7) is 2.12. The Morgan fingerprint density at radius 1 is 1.19 bits per heavy atom. The predicted molar refractivity (Wildman–Crippen MR) is 104 cm³/mol. The third kappa shape index (κ3) is 3.67. The van der Waals surface area contributed by atoms with Crippen molar-refractivity contribution in [2.75, 3.05) is 11.5 Å². The van der Waals surface area contributed by atoms with Crippen LogP contribution in [0.5, 0.6) is 11.5 Å². The first-order valence-corrected chi connectivity index (χ1v) is 9.16. The van der Waals surface area contributed by atoms with E-state index in [1.807, 2.05) is 0 Å².